The summed E-state index contributed by atoms with van der Waals surface area (Å²) < 4.78 is 18.7. The van der Waals surface area contributed by atoms with Gasteiger partial charge < -0.3 is 9.84 Å². The first-order valence-corrected chi connectivity index (χ1v) is 6.30. The molecule has 0 saturated heterocycles. The van der Waals surface area contributed by atoms with Gasteiger partial charge in [-0.1, -0.05) is 29.8 Å². The molecule has 2 aromatic carbocycles. The van der Waals surface area contributed by atoms with Crippen LogP contribution in [0.4, 0.5) is 4.39 Å². The van der Waals surface area contributed by atoms with E-state index in [1.165, 1.54) is 18.2 Å². The van der Waals surface area contributed by atoms with Crippen LogP contribution in [0.3, 0.4) is 0 Å². The molecule has 0 bridgehead atoms. The lowest BCUT2D eigenvalue weighted by molar-refractivity contribution is -0.136. The van der Waals surface area contributed by atoms with Gasteiger partial charge in [0, 0.05) is 16.1 Å². The number of hydrogen-bond donors (Lipinski definition) is 1. The molecule has 0 heterocycles. The van der Waals surface area contributed by atoms with E-state index in [2.05, 4.69) is 0 Å². The highest BCUT2D eigenvalue weighted by Crippen LogP contribution is 2.23. The molecule has 0 aliphatic rings. The van der Waals surface area contributed by atoms with Crippen LogP contribution in [-0.2, 0) is 17.8 Å². The van der Waals surface area contributed by atoms with Crippen molar-refractivity contribution in [1.29, 1.82) is 0 Å². The van der Waals surface area contributed by atoms with Gasteiger partial charge in [-0.15, -0.1) is 0 Å². The first kappa shape index (κ1) is 14.3. The predicted molar refractivity (Wildman–Crippen MR) is 73.5 cm³/mol. The SMILES string of the molecule is O=C(O)Cc1ccccc1OCc1cc(F)ccc1Cl. The van der Waals surface area contributed by atoms with Crippen molar-refractivity contribution >= 4 is 17.6 Å². The highest BCUT2D eigenvalue weighted by Gasteiger charge is 2.09. The summed E-state index contributed by atoms with van der Waals surface area (Å²) in [6.07, 6.45) is -0.132. The van der Waals surface area contributed by atoms with Gasteiger partial charge in [-0.3, -0.25) is 4.79 Å². The lowest BCUT2D eigenvalue weighted by Gasteiger charge is -2.11. The van der Waals surface area contributed by atoms with E-state index in [1.807, 2.05) is 0 Å². The molecule has 2 rings (SSSR count). The van der Waals surface area contributed by atoms with E-state index >= 15 is 0 Å². The third kappa shape index (κ3) is 3.71. The maximum Gasteiger partial charge on any atom is 0.307 e. The number of aliphatic carboxylic acids is 1. The Bertz CT molecular complexity index is 628. The van der Waals surface area contributed by atoms with Crippen LogP contribution in [0, 0.1) is 5.82 Å². The molecule has 2 aromatic rings. The van der Waals surface area contributed by atoms with Crippen LogP contribution >= 0.6 is 11.6 Å². The van der Waals surface area contributed by atoms with Crippen molar-refractivity contribution in [2.24, 2.45) is 0 Å². The Morgan fingerprint density at radius 2 is 1.95 bits per heavy atom. The second-order valence-corrected chi connectivity index (χ2v) is 4.61. The lowest BCUT2D eigenvalue weighted by Crippen LogP contribution is -2.04. The van der Waals surface area contributed by atoms with Crippen LogP contribution in [0.2, 0.25) is 5.02 Å². The first-order chi connectivity index (χ1) is 9.56. The van der Waals surface area contributed by atoms with E-state index < -0.39 is 11.8 Å². The zero-order valence-corrected chi connectivity index (χ0v) is 11.2. The Kier molecular flexibility index (Phi) is 4.58. The Labute approximate surface area is 120 Å². The minimum atomic E-state index is -0.940. The fourth-order valence-corrected chi connectivity index (χ4v) is 1.94. The van der Waals surface area contributed by atoms with Gasteiger partial charge in [-0.2, -0.15) is 0 Å². The van der Waals surface area contributed by atoms with Crippen LogP contribution in [0.25, 0.3) is 0 Å². The topological polar surface area (TPSA) is 46.5 Å². The van der Waals surface area contributed by atoms with Crippen molar-refractivity contribution in [3.05, 3.63) is 64.4 Å². The number of carboxylic acid groups (broad SMARTS) is 1. The summed E-state index contributed by atoms with van der Waals surface area (Å²) in [5.41, 5.74) is 1.07. The fourth-order valence-electron chi connectivity index (χ4n) is 1.76. The third-order valence-electron chi connectivity index (χ3n) is 2.71. The van der Waals surface area contributed by atoms with Crippen LogP contribution in [0.1, 0.15) is 11.1 Å². The first-order valence-electron chi connectivity index (χ1n) is 5.92. The molecule has 20 heavy (non-hydrogen) atoms. The third-order valence-corrected chi connectivity index (χ3v) is 3.07. The maximum atomic E-state index is 13.1. The van der Waals surface area contributed by atoms with E-state index in [4.69, 9.17) is 21.4 Å². The average molecular weight is 295 g/mol. The molecule has 0 aliphatic heterocycles. The Morgan fingerprint density at radius 3 is 2.70 bits per heavy atom. The van der Waals surface area contributed by atoms with Gasteiger partial charge in [0.1, 0.15) is 18.2 Å². The van der Waals surface area contributed by atoms with Gasteiger partial charge in [0.2, 0.25) is 0 Å². The molecule has 104 valence electrons. The molecule has 0 radical (unpaired) electrons. The molecule has 0 aromatic heterocycles. The molecule has 0 spiro atoms. The van der Waals surface area contributed by atoms with Gasteiger partial charge >= 0.3 is 5.97 Å². The molecule has 0 atom stereocenters. The molecule has 5 heteroatoms. The number of ether oxygens (including phenoxy) is 1. The molecule has 0 saturated carbocycles. The second kappa shape index (κ2) is 6.39. The lowest BCUT2D eigenvalue weighted by atomic mass is 10.1. The maximum absolute atomic E-state index is 13.1. The summed E-state index contributed by atoms with van der Waals surface area (Å²) in [5.74, 6) is -0.883. The predicted octanol–water partition coefficient (Wildman–Crippen LogP) is 3.69. The Hall–Kier alpha value is -2.07. The quantitative estimate of drug-likeness (QED) is 0.915. The molecular weight excluding hydrogens is 283 g/mol. The monoisotopic (exact) mass is 294 g/mol. The number of benzene rings is 2. The van der Waals surface area contributed by atoms with Gasteiger partial charge in [-0.25, -0.2) is 4.39 Å². The second-order valence-electron chi connectivity index (χ2n) is 4.20. The van der Waals surface area contributed by atoms with Crippen molar-refractivity contribution in [1.82, 2.24) is 0 Å². The van der Waals surface area contributed by atoms with E-state index in [0.717, 1.165) is 0 Å². The summed E-state index contributed by atoms with van der Waals surface area (Å²) in [4.78, 5) is 10.8. The molecular formula is C15H12ClFO3. The summed E-state index contributed by atoms with van der Waals surface area (Å²) >= 11 is 5.95. The van der Waals surface area contributed by atoms with E-state index in [9.17, 15) is 9.18 Å². The minimum Gasteiger partial charge on any atom is -0.489 e. The van der Waals surface area contributed by atoms with Gasteiger partial charge in [0.25, 0.3) is 0 Å². The van der Waals surface area contributed by atoms with Crippen LogP contribution in [-0.4, -0.2) is 11.1 Å². The van der Waals surface area contributed by atoms with Gasteiger partial charge in [-0.05, 0) is 24.3 Å². The highest BCUT2D eigenvalue weighted by molar-refractivity contribution is 6.31. The number of carbonyl (C=O) groups is 1. The minimum absolute atomic E-state index is 0.0766. The molecule has 0 unspecified atom stereocenters. The Morgan fingerprint density at radius 1 is 1.20 bits per heavy atom. The summed E-state index contributed by atoms with van der Waals surface area (Å²) in [7, 11) is 0. The molecule has 0 fully saturated rings. The van der Waals surface area contributed by atoms with E-state index in [-0.39, 0.29) is 13.0 Å². The van der Waals surface area contributed by atoms with Crippen molar-refractivity contribution in [2.45, 2.75) is 13.0 Å². The van der Waals surface area contributed by atoms with Crippen LogP contribution < -0.4 is 4.74 Å². The zero-order valence-electron chi connectivity index (χ0n) is 10.5. The number of carboxylic acids is 1. The van der Waals surface area contributed by atoms with E-state index in [1.54, 1.807) is 24.3 Å². The molecule has 0 amide bonds. The van der Waals surface area contributed by atoms with Gasteiger partial charge in [0.15, 0.2) is 0 Å². The normalized spacial score (nSPS) is 10.3. The standard InChI is InChI=1S/C15H12ClFO3/c16-13-6-5-12(17)7-11(13)9-20-14-4-2-1-3-10(14)8-15(18)19/h1-7H,8-9H2,(H,18,19). The van der Waals surface area contributed by atoms with Crippen LogP contribution in [0.15, 0.2) is 42.5 Å². The Balaban J connectivity index is 2.14. The van der Waals surface area contributed by atoms with Crippen molar-refractivity contribution in [2.75, 3.05) is 0 Å². The largest absolute Gasteiger partial charge is 0.489 e. The molecule has 0 aliphatic carbocycles. The number of hydrogen-bond acceptors (Lipinski definition) is 2. The summed E-state index contributed by atoms with van der Waals surface area (Å²) in [5, 5.41) is 9.24. The van der Waals surface area contributed by atoms with Gasteiger partial charge in [0.05, 0.1) is 6.42 Å². The number of rotatable bonds is 5. The average Bonchev–Trinajstić information content (AvgIpc) is 2.41. The van der Waals surface area contributed by atoms with Crippen molar-refractivity contribution < 1.29 is 19.0 Å². The van der Waals surface area contributed by atoms with Crippen molar-refractivity contribution in [3.63, 3.8) is 0 Å². The van der Waals surface area contributed by atoms with Crippen molar-refractivity contribution in [3.8, 4) is 5.75 Å². The van der Waals surface area contributed by atoms with E-state index in [0.29, 0.717) is 21.9 Å². The fraction of sp³-hybridized carbons (Fsp3) is 0.133. The highest BCUT2D eigenvalue weighted by atomic mass is 35.5. The smallest absolute Gasteiger partial charge is 0.307 e. The molecule has 1 N–H and O–H groups in total. The summed E-state index contributed by atoms with van der Waals surface area (Å²) in [6.45, 7) is 0.0766. The number of para-hydroxylation sites is 1. The summed E-state index contributed by atoms with van der Waals surface area (Å²) in [6, 6.07) is 10.8. The number of halogens is 2. The zero-order chi connectivity index (χ0) is 14.5. The van der Waals surface area contributed by atoms with Crippen LogP contribution in [0.5, 0.6) is 5.75 Å². The molecule has 3 nitrogen and oxygen atoms in total.